The molecule has 0 bridgehead atoms. The fourth-order valence-electron chi connectivity index (χ4n) is 0. The molecule has 0 unspecified atom stereocenters. The summed E-state index contributed by atoms with van der Waals surface area (Å²) in [5, 5.41) is 5.96. The summed E-state index contributed by atoms with van der Waals surface area (Å²) in [5.74, 6) is 0. The van der Waals surface area contributed by atoms with Gasteiger partial charge in [-0.25, -0.2) is 0 Å². The molecule has 0 atom stereocenters. The Bertz CT molecular complexity index is 13.5. The summed E-state index contributed by atoms with van der Waals surface area (Å²) in [6.45, 7) is 1.54. The Balaban J connectivity index is 0. The van der Waals surface area contributed by atoms with Gasteiger partial charge in [-0.05, 0) is 0 Å². The predicted molar refractivity (Wildman–Crippen MR) is 13.4 cm³/mol. The van der Waals surface area contributed by atoms with Crippen LogP contribution in [0.1, 0.15) is 6.92 Å². The Hall–Kier alpha value is 1.48. The zero-order valence-electron chi connectivity index (χ0n) is 3.00. The van der Waals surface area contributed by atoms with Gasteiger partial charge in [-0.1, -0.05) is 0 Å². The van der Waals surface area contributed by atoms with Crippen molar-refractivity contribution in [2.75, 3.05) is 0 Å². The molecule has 0 amide bonds. The van der Waals surface area contributed by atoms with Crippen molar-refractivity contribution in [3.05, 3.63) is 0 Å². The first-order valence-electron chi connectivity index (χ1n) is 0.750. The molecule has 0 aliphatic rings. The van der Waals surface area contributed by atoms with Crippen LogP contribution in [0.2, 0.25) is 0 Å². The van der Waals surface area contributed by atoms with Crippen LogP contribution in [0.5, 0.6) is 0 Å². The molecule has 0 aliphatic heterocycles. The SMILES string of the molecule is C[C-]=N.[Rb+]. The van der Waals surface area contributed by atoms with Crippen LogP contribution in [0.3, 0.4) is 0 Å². The third kappa shape index (κ3) is 9.78. The van der Waals surface area contributed by atoms with E-state index in [-0.39, 0.29) is 58.2 Å². The molecule has 18 valence electrons. The molecule has 0 aromatic rings. The van der Waals surface area contributed by atoms with E-state index in [4.69, 9.17) is 5.41 Å². The summed E-state index contributed by atoms with van der Waals surface area (Å²) in [6.07, 6.45) is 2.00. The smallest absolute Gasteiger partial charge is 0.519 e. The van der Waals surface area contributed by atoms with Crippen molar-refractivity contribution >= 4 is 6.21 Å². The molecule has 0 aromatic heterocycles. The van der Waals surface area contributed by atoms with Gasteiger partial charge in [0.25, 0.3) is 0 Å². The molecular weight excluding hydrogens is 123 g/mol. The van der Waals surface area contributed by atoms with Crippen LogP contribution in [-0.2, 0) is 0 Å². The third-order valence-electron chi connectivity index (χ3n) is 0. The molecule has 0 aromatic carbocycles. The minimum absolute atomic E-state index is 0. The average molecular weight is 128 g/mol. The van der Waals surface area contributed by atoms with Crippen molar-refractivity contribution in [3.8, 4) is 0 Å². The van der Waals surface area contributed by atoms with E-state index in [1.54, 1.807) is 6.92 Å². The molecule has 0 aliphatic carbocycles. The first kappa shape index (κ1) is 9.08. The van der Waals surface area contributed by atoms with Crippen molar-refractivity contribution in [3.63, 3.8) is 0 Å². The molecule has 0 fully saturated rings. The topological polar surface area (TPSA) is 23.9 Å². The summed E-state index contributed by atoms with van der Waals surface area (Å²) >= 11 is 0. The van der Waals surface area contributed by atoms with Gasteiger partial charge in [0, 0.05) is 0 Å². The Morgan fingerprint density at radius 1 is 1.75 bits per heavy atom. The Kier molecular flexibility index (Phi) is 20.0. The standard InChI is InChI=1S/C2H4N.Rb/c1-2-3;/h3H,1H3;/q-1;+1. The summed E-state index contributed by atoms with van der Waals surface area (Å²) in [5.41, 5.74) is 0. The minimum Gasteiger partial charge on any atom is -0.519 e. The van der Waals surface area contributed by atoms with E-state index < -0.39 is 0 Å². The predicted octanol–water partition coefficient (Wildman–Crippen LogP) is -2.46. The molecule has 1 N–H and O–H groups in total. The fourth-order valence-corrected chi connectivity index (χ4v) is 0. The monoisotopic (exact) mass is 127 g/mol. The quantitative estimate of drug-likeness (QED) is 0.276. The third-order valence-corrected chi connectivity index (χ3v) is 0. The van der Waals surface area contributed by atoms with Gasteiger partial charge in [0.15, 0.2) is 0 Å². The van der Waals surface area contributed by atoms with Gasteiger partial charge in [0.05, 0.1) is 0 Å². The van der Waals surface area contributed by atoms with Crippen molar-refractivity contribution in [1.29, 1.82) is 5.41 Å². The Morgan fingerprint density at radius 2 is 1.75 bits per heavy atom. The fraction of sp³-hybridized carbons (Fsp3) is 0.500. The largest absolute Gasteiger partial charge is 1.00 e. The second-order valence-electron chi connectivity index (χ2n) is 0.250. The second-order valence-corrected chi connectivity index (χ2v) is 0.250. The molecule has 1 nitrogen and oxygen atoms in total. The van der Waals surface area contributed by atoms with Crippen LogP contribution in [0, 0.1) is 5.41 Å². The molecule has 0 spiro atoms. The van der Waals surface area contributed by atoms with Crippen LogP contribution < -0.4 is 58.2 Å². The molecule has 0 saturated heterocycles. The first-order chi connectivity index (χ1) is 1.41. The van der Waals surface area contributed by atoms with E-state index in [1.807, 2.05) is 6.21 Å². The number of hydrogen-bond donors (Lipinski definition) is 1. The van der Waals surface area contributed by atoms with E-state index in [1.165, 1.54) is 0 Å². The maximum absolute atomic E-state index is 5.96. The van der Waals surface area contributed by atoms with E-state index in [2.05, 4.69) is 0 Å². The Morgan fingerprint density at radius 3 is 1.75 bits per heavy atom. The van der Waals surface area contributed by atoms with E-state index in [0.29, 0.717) is 0 Å². The summed E-state index contributed by atoms with van der Waals surface area (Å²) < 4.78 is 0. The first-order valence-corrected chi connectivity index (χ1v) is 0.750. The van der Waals surface area contributed by atoms with Gasteiger partial charge in [0.1, 0.15) is 0 Å². The number of nitrogens with one attached hydrogen (secondary N) is 1. The zero-order valence-corrected chi connectivity index (χ0v) is 7.92. The van der Waals surface area contributed by atoms with Gasteiger partial charge >= 0.3 is 58.2 Å². The van der Waals surface area contributed by atoms with Gasteiger partial charge in [-0.3, -0.25) is 0 Å². The van der Waals surface area contributed by atoms with Crippen molar-refractivity contribution in [1.82, 2.24) is 0 Å². The van der Waals surface area contributed by atoms with E-state index in [9.17, 15) is 0 Å². The molecule has 2 heteroatoms. The minimum atomic E-state index is 0. The molecule has 0 radical (unpaired) electrons. The van der Waals surface area contributed by atoms with Crippen molar-refractivity contribution in [2.45, 2.75) is 6.92 Å². The van der Waals surface area contributed by atoms with E-state index >= 15 is 0 Å². The van der Waals surface area contributed by atoms with Crippen LogP contribution in [-0.4, -0.2) is 6.21 Å². The zero-order chi connectivity index (χ0) is 2.71. The molecule has 4 heavy (non-hydrogen) atoms. The number of rotatable bonds is 0. The Labute approximate surface area is 75.1 Å². The maximum atomic E-state index is 5.96. The van der Waals surface area contributed by atoms with Gasteiger partial charge in [-0.15, -0.1) is 0 Å². The summed E-state index contributed by atoms with van der Waals surface area (Å²) in [7, 11) is 0. The molecule has 0 rings (SSSR count). The summed E-state index contributed by atoms with van der Waals surface area (Å²) in [4.78, 5) is 0. The van der Waals surface area contributed by atoms with Gasteiger partial charge in [0.2, 0.25) is 0 Å². The molecule has 0 saturated carbocycles. The van der Waals surface area contributed by atoms with Gasteiger partial charge < -0.3 is 11.6 Å². The molecular formula is C2H4NRb. The normalized spacial score (nSPS) is 3.25. The van der Waals surface area contributed by atoms with Crippen LogP contribution in [0.4, 0.5) is 0 Å². The van der Waals surface area contributed by atoms with Crippen molar-refractivity contribution < 1.29 is 58.2 Å². The summed E-state index contributed by atoms with van der Waals surface area (Å²) in [6, 6.07) is 0. The second kappa shape index (κ2) is 8.82. The average Bonchev–Trinajstić information content (AvgIpc) is 0.918. The van der Waals surface area contributed by atoms with Crippen LogP contribution in [0.25, 0.3) is 0 Å². The maximum Gasteiger partial charge on any atom is 1.00 e. The van der Waals surface area contributed by atoms with Crippen LogP contribution >= 0.6 is 0 Å². The van der Waals surface area contributed by atoms with E-state index in [0.717, 1.165) is 0 Å². The van der Waals surface area contributed by atoms with Crippen molar-refractivity contribution in [2.24, 2.45) is 0 Å². The number of hydrogen-bond acceptors (Lipinski definition) is 1. The molecule has 0 heterocycles. The van der Waals surface area contributed by atoms with Gasteiger partial charge in [-0.2, -0.15) is 6.92 Å². The van der Waals surface area contributed by atoms with Crippen LogP contribution in [0.15, 0.2) is 0 Å².